The summed E-state index contributed by atoms with van der Waals surface area (Å²) < 4.78 is 7.28. The van der Waals surface area contributed by atoms with Crippen molar-refractivity contribution in [3.05, 3.63) is 57.7 Å². The number of rotatable bonds is 2. The molecule has 0 fully saturated rings. The summed E-state index contributed by atoms with van der Waals surface area (Å²) in [5.74, 6) is 0.982. The van der Waals surface area contributed by atoms with Crippen molar-refractivity contribution in [1.29, 1.82) is 0 Å². The highest BCUT2D eigenvalue weighted by Gasteiger charge is 2.40. The van der Waals surface area contributed by atoms with E-state index in [0.29, 0.717) is 0 Å². The summed E-state index contributed by atoms with van der Waals surface area (Å²) in [5, 5.41) is 3.59. The largest absolute Gasteiger partial charge is 0.485 e. The molecule has 0 bridgehead atoms. The van der Waals surface area contributed by atoms with Gasteiger partial charge < -0.3 is 10.1 Å². The van der Waals surface area contributed by atoms with Crippen molar-refractivity contribution in [2.75, 3.05) is 5.32 Å². The Bertz CT molecular complexity index is 592. The van der Waals surface area contributed by atoms with E-state index in [-0.39, 0.29) is 11.6 Å². The summed E-state index contributed by atoms with van der Waals surface area (Å²) in [7, 11) is 0. The molecule has 0 saturated heterocycles. The van der Waals surface area contributed by atoms with Crippen LogP contribution in [0.2, 0.25) is 0 Å². The van der Waals surface area contributed by atoms with Crippen molar-refractivity contribution >= 4 is 28.3 Å². The predicted octanol–water partition coefficient (Wildman–Crippen LogP) is 4.62. The number of halogens is 1. The summed E-state index contributed by atoms with van der Waals surface area (Å²) in [5.41, 5.74) is 2.11. The van der Waals surface area contributed by atoms with Crippen LogP contribution in [0.1, 0.15) is 25.5 Å². The summed E-state index contributed by atoms with van der Waals surface area (Å²) >= 11 is 2.32. The van der Waals surface area contributed by atoms with E-state index in [9.17, 15) is 0 Å². The molecule has 0 spiro atoms. The summed E-state index contributed by atoms with van der Waals surface area (Å²) in [4.78, 5) is 0. The highest BCUT2D eigenvalue weighted by Crippen LogP contribution is 2.44. The average Bonchev–Trinajstić information content (AvgIpc) is 2.63. The van der Waals surface area contributed by atoms with Crippen LogP contribution in [0.3, 0.4) is 0 Å². The number of para-hydroxylation sites is 1. The zero-order chi connectivity index (χ0) is 13.5. The number of hydrogen-bond acceptors (Lipinski definition) is 2. The van der Waals surface area contributed by atoms with E-state index in [1.807, 2.05) is 12.1 Å². The van der Waals surface area contributed by atoms with Crippen LogP contribution < -0.4 is 10.1 Å². The quantitative estimate of drug-likeness (QED) is 0.785. The zero-order valence-electron chi connectivity index (χ0n) is 11.0. The second-order valence-corrected chi connectivity index (χ2v) is 6.57. The minimum atomic E-state index is -0.243. The van der Waals surface area contributed by atoms with Gasteiger partial charge in [-0.05, 0) is 66.8 Å². The maximum atomic E-state index is 6.04. The molecule has 0 amide bonds. The van der Waals surface area contributed by atoms with Crippen LogP contribution in [0.5, 0.6) is 5.75 Å². The van der Waals surface area contributed by atoms with Crippen molar-refractivity contribution < 1.29 is 4.74 Å². The fourth-order valence-electron chi connectivity index (χ4n) is 2.49. The second kappa shape index (κ2) is 4.71. The van der Waals surface area contributed by atoms with Gasteiger partial charge in [0.1, 0.15) is 11.4 Å². The van der Waals surface area contributed by atoms with Crippen molar-refractivity contribution in [3.63, 3.8) is 0 Å². The zero-order valence-corrected chi connectivity index (χ0v) is 13.1. The first kappa shape index (κ1) is 12.8. The van der Waals surface area contributed by atoms with Gasteiger partial charge in [-0.3, -0.25) is 0 Å². The Kier molecular flexibility index (Phi) is 3.17. The third kappa shape index (κ3) is 2.43. The lowest BCUT2D eigenvalue weighted by atomic mass is 9.94. The van der Waals surface area contributed by atoms with Gasteiger partial charge in [0, 0.05) is 14.8 Å². The Morgan fingerprint density at radius 2 is 1.74 bits per heavy atom. The van der Waals surface area contributed by atoms with Crippen LogP contribution in [0, 0.1) is 3.57 Å². The van der Waals surface area contributed by atoms with Crippen molar-refractivity contribution in [2.24, 2.45) is 0 Å². The van der Waals surface area contributed by atoms with Gasteiger partial charge >= 0.3 is 0 Å². The Hall–Kier alpha value is -1.23. The molecule has 19 heavy (non-hydrogen) atoms. The van der Waals surface area contributed by atoms with E-state index in [0.717, 1.165) is 11.4 Å². The molecule has 1 unspecified atom stereocenters. The van der Waals surface area contributed by atoms with Gasteiger partial charge in [0.15, 0.2) is 0 Å². The standard InChI is InChI=1S/C16H16INO/c1-16(2)15(13-5-3-4-6-14(13)19-16)18-12-9-7-11(17)8-10-12/h3-10,15,18H,1-2H3. The molecule has 0 aromatic heterocycles. The van der Waals surface area contributed by atoms with Crippen LogP contribution in [-0.2, 0) is 0 Å². The molecule has 0 saturated carbocycles. The third-order valence-corrected chi connectivity index (χ3v) is 4.17. The van der Waals surface area contributed by atoms with E-state index < -0.39 is 0 Å². The molecule has 1 aliphatic heterocycles. The van der Waals surface area contributed by atoms with E-state index in [1.165, 1.54) is 9.13 Å². The van der Waals surface area contributed by atoms with E-state index in [2.05, 4.69) is 78.2 Å². The van der Waals surface area contributed by atoms with Gasteiger partial charge in [-0.25, -0.2) is 0 Å². The average molecular weight is 365 g/mol. The highest BCUT2D eigenvalue weighted by molar-refractivity contribution is 14.1. The van der Waals surface area contributed by atoms with E-state index >= 15 is 0 Å². The Morgan fingerprint density at radius 1 is 1.05 bits per heavy atom. The SMILES string of the molecule is CC1(C)Oc2ccccc2C1Nc1ccc(I)cc1. The molecular formula is C16H16INO. The number of ether oxygens (including phenoxy) is 1. The Balaban J connectivity index is 1.93. The molecule has 1 N–H and O–H groups in total. The molecule has 3 heteroatoms. The Morgan fingerprint density at radius 3 is 2.47 bits per heavy atom. The van der Waals surface area contributed by atoms with Gasteiger partial charge in [0.2, 0.25) is 0 Å². The van der Waals surface area contributed by atoms with E-state index in [1.54, 1.807) is 0 Å². The van der Waals surface area contributed by atoms with Crippen LogP contribution in [0.15, 0.2) is 48.5 Å². The molecule has 1 heterocycles. The molecule has 1 aliphatic rings. The van der Waals surface area contributed by atoms with Crippen LogP contribution in [-0.4, -0.2) is 5.60 Å². The van der Waals surface area contributed by atoms with Gasteiger partial charge in [-0.2, -0.15) is 0 Å². The molecule has 98 valence electrons. The molecule has 3 rings (SSSR count). The summed E-state index contributed by atoms with van der Waals surface area (Å²) in [6, 6.07) is 16.9. The maximum Gasteiger partial charge on any atom is 0.128 e. The van der Waals surface area contributed by atoms with Gasteiger partial charge in [-0.1, -0.05) is 18.2 Å². The number of fused-ring (bicyclic) bond motifs is 1. The van der Waals surface area contributed by atoms with E-state index in [4.69, 9.17) is 4.74 Å². The van der Waals surface area contributed by atoms with Gasteiger partial charge in [0.05, 0.1) is 6.04 Å². The Labute approximate surface area is 127 Å². The van der Waals surface area contributed by atoms with Crippen molar-refractivity contribution in [3.8, 4) is 5.75 Å². The number of benzene rings is 2. The lowest BCUT2D eigenvalue weighted by Crippen LogP contribution is -2.34. The minimum Gasteiger partial charge on any atom is -0.485 e. The molecule has 2 aromatic carbocycles. The predicted molar refractivity (Wildman–Crippen MR) is 86.7 cm³/mol. The number of hydrogen-bond donors (Lipinski definition) is 1. The first-order valence-electron chi connectivity index (χ1n) is 6.36. The number of nitrogens with one attached hydrogen (secondary N) is 1. The van der Waals surface area contributed by atoms with Crippen molar-refractivity contribution in [2.45, 2.75) is 25.5 Å². The van der Waals surface area contributed by atoms with Gasteiger partial charge in [-0.15, -0.1) is 0 Å². The number of anilines is 1. The monoisotopic (exact) mass is 365 g/mol. The topological polar surface area (TPSA) is 21.3 Å². The van der Waals surface area contributed by atoms with Gasteiger partial charge in [0.25, 0.3) is 0 Å². The first-order valence-corrected chi connectivity index (χ1v) is 7.44. The lowest BCUT2D eigenvalue weighted by Gasteiger charge is -2.28. The fourth-order valence-corrected chi connectivity index (χ4v) is 2.85. The molecule has 2 nitrogen and oxygen atoms in total. The normalized spacial score (nSPS) is 19.6. The molecule has 2 aromatic rings. The fraction of sp³-hybridized carbons (Fsp3) is 0.250. The lowest BCUT2D eigenvalue weighted by molar-refractivity contribution is 0.118. The highest BCUT2D eigenvalue weighted by atomic mass is 127. The molecule has 1 atom stereocenters. The molecule has 0 aliphatic carbocycles. The molecular weight excluding hydrogens is 349 g/mol. The van der Waals surface area contributed by atoms with Crippen LogP contribution >= 0.6 is 22.6 Å². The molecule has 0 radical (unpaired) electrons. The maximum absolute atomic E-state index is 6.04. The smallest absolute Gasteiger partial charge is 0.128 e. The summed E-state index contributed by atoms with van der Waals surface area (Å²) in [6.45, 7) is 4.24. The van der Waals surface area contributed by atoms with Crippen LogP contribution in [0.25, 0.3) is 0 Å². The first-order chi connectivity index (χ1) is 9.06. The van der Waals surface area contributed by atoms with Crippen LogP contribution in [0.4, 0.5) is 5.69 Å². The second-order valence-electron chi connectivity index (χ2n) is 5.33. The minimum absolute atomic E-state index is 0.170. The summed E-state index contributed by atoms with van der Waals surface area (Å²) in [6.07, 6.45) is 0. The third-order valence-electron chi connectivity index (χ3n) is 3.45. The van der Waals surface area contributed by atoms with Crippen molar-refractivity contribution in [1.82, 2.24) is 0 Å².